The minimum Gasteiger partial charge on any atom is -0.494 e. The third kappa shape index (κ3) is 4.80. The van der Waals surface area contributed by atoms with Crippen LogP contribution < -0.4 is 4.74 Å². The van der Waals surface area contributed by atoms with E-state index in [1.54, 1.807) is 0 Å². The second kappa shape index (κ2) is 7.23. The van der Waals surface area contributed by atoms with E-state index < -0.39 is 23.4 Å². The Balaban J connectivity index is 2.78. The maximum absolute atomic E-state index is 12.5. The number of rotatable bonds is 6. The highest BCUT2D eigenvalue weighted by molar-refractivity contribution is 5.70. The molecule has 0 heterocycles. The molecule has 1 rings (SSSR count). The summed E-state index contributed by atoms with van der Waals surface area (Å²) in [4.78, 5) is 0. The molecule has 0 bridgehead atoms. The minimum absolute atomic E-state index is 0.311. The number of halogens is 5. The van der Waals surface area contributed by atoms with E-state index in [4.69, 9.17) is 9.47 Å². The third-order valence-corrected chi connectivity index (χ3v) is 2.38. The molecular formula is C13H13F5O2. The maximum atomic E-state index is 12.5. The first-order chi connectivity index (χ1) is 9.36. The lowest BCUT2D eigenvalue weighted by atomic mass is 10.1. The summed E-state index contributed by atoms with van der Waals surface area (Å²) < 4.78 is 72.2. The second-order valence-corrected chi connectivity index (χ2v) is 3.85. The zero-order chi connectivity index (χ0) is 15.2. The van der Waals surface area contributed by atoms with Gasteiger partial charge in [-0.3, -0.25) is 0 Å². The maximum Gasteiger partial charge on any atom is 0.422 e. The van der Waals surface area contributed by atoms with Crippen molar-refractivity contribution in [2.24, 2.45) is 0 Å². The van der Waals surface area contributed by atoms with E-state index in [1.165, 1.54) is 19.2 Å². The van der Waals surface area contributed by atoms with Crippen LogP contribution in [-0.2, 0) is 4.74 Å². The highest BCUT2D eigenvalue weighted by Gasteiger charge is 2.38. The molecule has 0 saturated carbocycles. The summed E-state index contributed by atoms with van der Waals surface area (Å²) in [5.41, 5.74) is -2.52. The van der Waals surface area contributed by atoms with Crippen molar-refractivity contribution in [1.82, 2.24) is 0 Å². The summed E-state index contributed by atoms with van der Waals surface area (Å²) in [5, 5.41) is 0. The topological polar surface area (TPSA) is 18.5 Å². The van der Waals surface area contributed by atoms with Gasteiger partial charge in [-0.05, 0) is 17.7 Å². The molecule has 0 aromatic heterocycles. The van der Waals surface area contributed by atoms with Gasteiger partial charge in [-0.1, -0.05) is 12.1 Å². The van der Waals surface area contributed by atoms with Crippen LogP contribution in [-0.4, -0.2) is 26.5 Å². The molecule has 0 spiro atoms. The predicted molar refractivity (Wildman–Crippen MR) is 63.6 cm³/mol. The largest absolute Gasteiger partial charge is 0.494 e. The summed E-state index contributed by atoms with van der Waals surface area (Å²) >= 11 is 0. The van der Waals surface area contributed by atoms with E-state index in [-0.39, 0.29) is 0 Å². The van der Waals surface area contributed by atoms with Gasteiger partial charge in [-0.2, -0.15) is 22.0 Å². The number of hydrogen-bond acceptors (Lipinski definition) is 2. The first-order valence-corrected chi connectivity index (χ1v) is 5.71. The van der Waals surface area contributed by atoms with E-state index in [2.05, 4.69) is 0 Å². The van der Waals surface area contributed by atoms with E-state index in [0.717, 1.165) is 12.1 Å². The Kier molecular flexibility index (Phi) is 5.94. The van der Waals surface area contributed by atoms with Gasteiger partial charge in [0.25, 0.3) is 6.08 Å². The number of ether oxygens (including phenoxy) is 2. The molecule has 0 radical (unpaired) electrons. The van der Waals surface area contributed by atoms with Gasteiger partial charge < -0.3 is 9.47 Å². The Labute approximate surface area is 112 Å². The van der Waals surface area contributed by atoms with Crippen LogP contribution in [0.3, 0.4) is 0 Å². The van der Waals surface area contributed by atoms with Crippen molar-refractivity contribution in [1.29, 1.82) is 0 Å². The Morgan fingerprint density at radius 1 is 1.05 bits per heavy atom. The van der Waals surface area contributed by atoms with Crippen molar-refractivity contribution in [2.75, 3.05) is 20.3 Å². The molecule has 1 aromatic rings. The molecule has 0 N–H and O–H groups in total. The van der Waals surface area contributed by atoms with Crippen molar-refractivity contribution in [3.05, 3.63) is 35.9 Å². The quantitative estimate of drug-likeness (QED) is 0.576. The van der Waals surface area contributed by atoms with Gasteiger partial charge in [0, 0.05) is 20.1 Å². The van der Waals surface area contributed by atoms with Crippen molar-refractivity contribution in [3.8, 4) is 5.75 Å². The molecule has 112 valence electrons. The molecule has 0 aliphatic carbocycles. The van der Waals surface area contributed by atoms with Crippen LogP contribution in [0.4, 0.5) is 22.0 Å². The summed E-state index contributed by atoms with van der Waals surface area (Å²) in [5.74, 6) is 0.311. The van der Waals surface area contributed by atoms with Crippen LogP contribution in [0, 0.1) is 0 Å². The first-order valence-electron chi connectivity index (χ1n) is 5.71. The fourth-order valence-corrected chi connectivity index (χ4v) is 1.49. The van der Waals surface area contributed by atoms with Gasteiger partial charge in [-0.15, -0.1) is 0 Å². The van der Waals surface area contributed by atoms with Crippen molar-refractivity contribution >= 4 is 5.57 Å². The van der Waals surface area contributed by atoms with Gasteiger partial charge in [-0.25, -0.2) is 0 Å². The average molecular weight is 296 g/mol. The summed E-state index contributed by atoms with van der Waals surface area (Å²) in [6, 6.07) is 4.34. The zero-order valence-electron chi connectivity index (χ0n) is 10.6. The molecular weight excluding hydrogens is 283 g/mol. The summed E-state index contributed by atoms with van der Waals surface area (Å²) in [6.07, 6.45) is -7.24. The van der Waals surface area contributed by atoms with Crippen LogP contribution in [0.5, 0.6) is 5.75 Å². The minimum atomic E-state index is -5.10. The van der Waals surface area contributed by atoms with Gasteiger partial charge >= 0.3 is 6.18 Å². The highest BCUT2D eigenvalue weighted by atomic mass is 19.4. The van der Waals surface area contributed by atoms with Gasteiger partial charge in [0.15, 0.2) is 0 Å². The molecule has 0 amide bonds. The number of hydrogen-bond donors (Lipinski definition) is 0. The number of benzene rings is 1. The monoisotopic (exact) mass is 296 g/mol. The normalized spacial score (nSPS) is 11.3. The average Bonchev–Trinajstić information content (AvgIpc) is 2.34. The lowest BCUT2D eigenvalue weighted by Crippen LogP contribution is -2.11. The fraction of sp³-hybridized carbons (Fsp3) is 0.385. The molecule has 0 fully saturated rings. The van der Waals surface area contributed by atoms with Crippen molar-refractivity contribution in [2.45, 2.75) is 12.6 Å². The molecule has 0 atom stereocenters. The van der Waals surface area contributed by atoms with Gasteiger partial charge in [0.05, 0.1) is 6.61 Å². The van der Waals surface area contributed by atoms with E-state index in [1.807, 2.05) is 0 Å². The number of allylic oxidation sites excluding steroid dienone is 1. The molecule has 0 saturated heterocycles. The van der Waals surface area contributed by atoms with Crippen LogP contribution >= 0.6 is 0 Å². The zero-order valence-corrected chi connectivity index (χ0v) is 10.6. The Morgan fingerprint density at radius 2 is 1.65 bits per heavy atom. The molecule has 0 unspecified atom stereocenters. The lowest BCUT2D eigenvalue weighted by Gasteiger charge is -2.11. The molecule has 0 aliphatic heterocycles. The van der Waals surface area contributed by atoms with Gasteiger partial charge in [0.1, 0.15) is 11.3 Å². The number of methoxy groups -OCH3 is 1. The standard InChI is InChI=1S/C13H13F5O2/c1-19-7-2-8-20-10-5-3-9(4-6-10)11(12(14)15)13(16,17)18/h3-6H,2,7-8H2,1H3. The van der Waals surface area contributed by atoms with Crippen LogP contribution in [0.2, 0.25) is 0 Å². The molecule has 1 aromatic carbocycles. The Morgan fingerprint density at radius 3 is 2.10 bits per heavy atom. The van der Waals surface area contributed by atoms with Crippen molar-refractivity contribution < 1.29 is 31.4 Å². The molecule has 0 aliphatic rings. The van der Waals surface area contributed by atoms with E-state index in [0.29, 0.717) is 25.4 Å². The van der Waals surface area contributed by atoms with Crippen LogP contribution in [0.1, 0.15) is 12.0 Å². The van der Waals surface area contributed by atoms with Crippen LogP contribution in [0.15, 0.2) is 30.3 Å². The summed E-state index contributed by atoms with van der Waals surface area (Å²) in [7, 11) is 1.53. The van der Waals surface area contributed by atoms with Gasteiger partial charge in [0.2, 0.25) is 0 Å². The molecule has 2 nitrogen and oxygen atoms in total. The fourth-order valence-electron chi connectivity index (χ4n) is 1.49. The first kappa shape index (κ1) is 16.4. The molecule has 20 heavy (non-hydrogen) atoms. The third-order valence-electron chi connectivity index (χ3n) is 2.38. The predicted octanol–water partition coefficient (Wildman–Crippen LogP) is 4.27. The van der Waals surface area contributed by atoms with E-state index >= 15 is 0 Å². The van der Waals surface area contributed by atoms with E-state index in [9.17, 15) is 22.0 Å². The van der Waals surface area contributed by atoms with Crippen molar-refractivity contribution in [3.63, 3.8) is 0 Å². The van der Waals surface area contributed by atoms with Crippen LogP contribution in [0.25, 0.3) is 5.57 Å². The molecule has 7 heteroatoms. The SMILES string of the molecule is COCCCOc1ccc(C(=C(F)F)C(F)(F)F)cc1. The Bertz CT molecular complexity index is 447. The number of alkyl halides is 3. The second-order valence-electron chi connectivity index (χ2n) is 3.85. The smallest absolute Gasteiger partial charge is 0.422 e. The highest BCUT2D eigenvalue weighted by Crippen LogP contribution is 2.37. The lowest BCUT2D eigenvalue weighted by molar-refractivity contribution is -0.0711. The summed E-state index contributed by atoms with van der Waals surface area (Å²) in [6.45, 7) is 0.818. The Hall–Kier alpha value is -1.63.